The fourth-order valence-electron chi connectivity index (χ4n) is 3.57. The second-order valence-corrected chi connectivity index (χ2v) is 7.18. The Morgan fingerprint density at radius 3 is 3.00 bits per heavy atom. The van der Waals surface area contributed by atoms with Gasteiger partial charge in [-0.25, -0.2) is 4.79 Å². The second kappa shape index (κ2) is 9.41. The predicted molar refractivity (Wildman–Crippen MR) is 107 cm³/mol. The minimum Gasteiger partial charge on any atom is -0.491 e. The molecule has 2 aromatic rings. The van der Waals surface area contributed by atoms with Gasteiger partial charge in [0.25, 0.3) is 0 Å². The van der Waals surface area contributed by atoms with E-state index in [1.807, 2.05) is 36.7 Å². The zero-order chi connectivity index (χ0) is 20.1. The number of hydrogen-bond donors (Lipinski definition) is 2. The molecule has 0 saturated carbocycles. The first-order valence-corrected chi connectivity index (χ1v) is 9.90. The number of carbonyl (C=O) groups excluding carboxylic acids is 1. The van der Waals surface area contributed by atoms with E-state index in [1.165, 1.54) is 0 Å². The van der Waals surface area contributed by atoms with E-state index in [1.54, 1.807) is 6.92 Å². The summed E-state index contributed by atoms with van der Waals surface area (Å²) in [5, 5.41) is 14.2. The lowest BCUT2D eigenvalue weighted by Gasteiger charge is -2.15. The highest BCUT2D eigenvalue weighted by Gasteiger charge is 2.20. The first kappa shape index (κ1) is 20.6. The summed E-state index contributed by atoms with van der Waals surface area (Å²) in [7, 11) is 1.92. The minimum absolute atomic E-state index is 0.171. The van der Waals surface area contributed by atoms with Gasteiger partial charge in [-0.15, -0.1) is 0 Å². The van der Waals surface area contributed by atoms with Gasteiger partial charge in [-0.3, -0.25) is 0 Å². The van der Waals surface area contributed by atoms with Crippen molar-refractivity contribution in [2.75, 3.05) is 32.9 Å². The van der Waals surface area contributed by atoms with Gasteiger partial charge in [0.1, 0.15) is 18.5 Å². The number of aliphatic hydroxyl groups excluding tert-OH is 1. The Kier molecular flexibility index (Phi) is 6.93. The molecule has 0 bridgehead atoms. The Balaban J connectivity index is 1.61. The molecule has 0 spiro atoms. The van der Waals surface area contributed by atoms with Crippen LogP contribution in [0.1, 0.15) is 35.8 Å². The third-order valence-corrected chi connectivity index (χ3v) is 5.16. The van der Waals surface area contributed by atoms with E-state index in [2.05, 4.69) is 5.32 Å². The van der Waals surface area contributed by atoms with Crippen molar-refractivity contribution in [3.63, 3.8) is 0 Å². The summed E-state index contributed by atoms with van der Waals surface area (Å²) in [5.41, 5.74) is 2.35. The molecule has 0 amide bonds. The highest BCUT2D eigenvalue weighted by atomic mass is 16.5. The van der Waals surface area contributed by atoms with Crippen LogP contribution in [-0.4, -0.2) is 60.8 Å². The van der Waals surface area contributed by atoms with Gasteiger partial charge in [-0.1, -0.05) is 0 Å². The fourth-order valence-corrected chi connectivity index (χ4v) is 3.57. The van der Waals surface area contributed by atoms with E-state index in [9.17, 15) is 9.90 Å². The maximum absolute atomic E-state index is 12.4. The molecular formula is C21H30N2O5. The molecule has 2 N–H and O–H groups in total. The maximum Gasteiger partial charge on any atom is 0.340 e. The summed E-state index contributed by atoms with van der Waals surface area (Å²) in [4.78, 5) is 12.4. The van der Waals surface area contributed by atoms with Crippen LogP contribution in [0.5, 0.6) is 5.75 Å². The number of aliphatic hydroxyl groups is 1. The van der Waals surface area contributed by atoms with E-state index < -0.39 is 6.10 Å². The number of rotatable bonds is 9. The van der Waals surface area contributed by atoms with E-state index in [4.69, 9.17) is 14.2 Å². The van der Waals surface area contributed by atoms with E-state index in [0.29, 0.717) is 24.5 Å². The van der Waals surface area contributed by atoms with Crippen LogP contribution in [0.4, 0.5) is 0 Å². The molecule has 1 aromatic carbocycles. The summed E-state index contributed by atoms with van der Waals surface area (Å²) < 4.78 is 18.5. The number of benzene rings is 1. The molecule has 0 radical (unpaired) electrons. The lowest BCUT2D eigenvalue weighted by atomic mass is 10.1. The first-order chi connectivity index (χ1) is 13.5. The van der Waals surface area contributed by atoms with Crippen LogP contribution < -0.4 is 10.1 Å². The van der Waals surface area contributed by atoms with Crippen LogP contribution in [0.25, 0.3) is 10.9 Å². The molecule has 3 rings (SSSR count). The van der Waals surface area contributed by atoms with Gasteiger partial charge in [0.2, 0.25) is 0 Å². The van der Waals surface area contributed by atoms with Gasteiger partial charge in [-0.05, 0) is 44.9 Å². The monoisotopic (exact) mass is 390 g/mol. The highest BCUT2D eigenvalue weighted by molar-refractivity contribution is 6.06. The molecule has 1 aromatic heterocycles. The van der Waals surface area contributed by atoms with Gasteiger partial charge >= 0.3 is 5.97 Å². The van der Waals surface area contributed by atoms with Gasteiger partial charge in [-0.2, -0.15) is 0 Å². The highest BCUT2D eigenvalue weighted by Crippen LogP contribution is 2.29. The SMILES string of the molecule is CCOC(=O)c1c(C)n(C)c2ccc(OC[C@H](O)CNC[C@@H]3CCCO3)cc12. The lowest BCUT2D eigenvalue weighted by molar-refractivity contribution is 0.0527. The number of ether oxygens (including phenoxy) is 3. The average Bonchev–Trinajstić information content (AvgIpc) is 3.27. The van der Waals surface area contributed by atoms with Crippen molar-refractivity contribution in [3.05, 3.63) is 29.5 Å². The Hall–Kier alpha value is -2.09. The molecule has 2 atom stereocenters. The average molecular weight is 390 g/mol. The zero-order valence-corrected chi connectivity index (χ0v) is 16.9. The van der Waals surface area contributed by atoms with Crippen LogP contribution in [0, 0.1) is 6.92 Å². The quantitative estimate of drug-likeness (QED) is 0.639. The summed E-state index contributed by atoms with van der Waals surface area (Å²) >= 11 is 0. The summed E-state index contributed by atoms with van der Waals surface area (Å²) in [6.07, 6.45) is 1.80. The molecule has 7 heteroatoms. The van der Waals surface area contributed by atoms with E-state index in [0.717, 1.165) is 42.6 Å². The molecule has 1 fully saturated rings. The Bertz CT molecular complexity index is 811. The van der Waals surface area contributed by atoms with Crippen LogP contribution >= 0.6 is 0 Å². The Labute approximate surface area is 165 Å². The molecule has 154 valence electrons. The number of esters is 1. The van der Waals surface area contributed by atoms with Crippen molar-refractivity contribution in [1.29, 1.82) is 0 Å². The topological polar surface area (TPSA) is 82.0 Å². The minimum atomic E-state index is -0.626. The number of aryl methyl sites for hydroxylation is 1. The van der Waals surface area contributed by atoms with Gasteiger partial charge in [0, 0.05) is 43.3 Å². The lowest BCUT2D eigenvalue weighted by Crippen LogP contribution is -2.35. The molecule has 0 aliphatic carbocycles. The normalized spacial score (nSPS) is 17.8. The third kappa shape index (κ3) is 4.66. The van der Waals surface area contributed by atoms with E-state index >= 15 is 0 Å². The summed E-state index contributed by atoms with van der Waals surface area (Å²) in [6, 6.07) is 5.60. The van der Waals surface area contributed by atoms with Crippen molar-refractivity contribution < 1.29 is 24.1 Å². The molecule has 1 aliphatic heterocycles. The zero-order valence-electron chi connectivity index (χ0n) is 16.9. The standard InChI is InChI=1S/C21H30N2O5/c1-4-26-21(25)20-14(2)23(3)19-8-7-16(10-18(19)20)28-13-15(24)11-22-12-17-6-5-9-27-17/h7-8,10,15,17,22,24H,4-6,9,11-13H2,1-3H3/t15-,17+/m1/s1. The molecule has 0 unspecified atom stereocenters. The molecule has 1 saturated heterocycles. The number of fused-ring (bicyclic) bond motifs is 1. The van der Waals surface area contributed by atoms with Crippen molar-refractivity contribution in [1.82, 2.24) is 9.88 Å². The van der Waals surface area contributed by atoms with Gasteiger partial charge in [0.15, 0.2) is 0 Å². The van der Waals surface area contributed by atoms with Crippen molar-refractivity contribution in [2.24, 2.45) is 7.05 Å². The largest absolute Gasteiger partial charge is 0.491 e. The first-order valence-electron chi connectivity index (χ1n) is 9.90. The van der Waals surface area contributed by atoms with Gasteiger partial charge in [0.05, 0.1) is 18.3 Å². The predicted octanol–water partition coefficient (Wildman–Crippen LogP) is 2.17. The third-order valence-electron chi connectivity index (χ3n) is 5.16. The number of carbonyl (C=O) groups is 1. The van der Waals surface area contributed by atoms with E-state index in [-0.39, 0.29) is 18.7 Å². The van der Waals surface area contributed by atoms with Gasteiger partial charge < -0.3 is 29.2 Å². The number of nitrogens with zero attached hydrogens (tertiary/aromatic N) is 1. The summed E-state index contributed by atoms with van der Waals surface area (Å²) in [5.74, 6) is 0.281. The van der Waals surface area contributed by atoms with Crippen molar-refractivity contribution in [2.45, 2.75) is 38.9 Å². The van der Waals surface area contributed by atoms with Crippen LogP contribution in [0.2, 0.25) is 0 Å². The maximum atomic E-state index is 12.4. The van der Waals surface area contributed by atoms with Crippen molar-refractivity contribution >= 4 is 16.9 Å². The number of nitrogens with one attached hydrogen (secondary N) is 1. The molecule has 28 heavy (non-hydrogen) atoms. The molecular weight excluding hydrogens is 360 g/mol. The van der Waals surface area contributed by atoms with Crippen LogP contribution in [-0.2, 0) is 16.5 Å². The number of hydrogen-bond acceptors (Lipinski definition) is 6. The smallest absolute Gasteiger partial charge is 0.340 e. The molecule has 1 aliphatic rings. The number of aromatic nitrogens is 1. The van der Waals surface area contributed by atoms with Crippen LogP contribution in [0.3, 0.4) is 0 Å². The van der Waals surface area contributed by atoms with Crippen LogP contribution in [0.15, 0.2) is 18.2 Å². The molecule has 7 nitrogen and oxygen atoms in total. The Morgan fingerprint density at radius 2 is 2.29 bits per heavy atom. The fraction of sp³-hybridized carbons (Fsp3) is 0.571. The summed E-state index contributed by atoms with van der Waals surface area (Å²) in [6.45, 7) is 6.21. The Morgan fingerprint density at radius 1 is 1.46 bits per heavy atom. The van der Waals surface area contributed by atoms with Crippen molar-refractivity contribution in [3.8, 4) is 5.75 Å². The second-order valence-electron chi connectivity index (χ2n) is 7.18. The molecule has 2 heterocycles.